The minimum Gasteiger partial charge on any atom is -0.323 e. The molecule has 1 aliphatic rings. The van der Waals surface area contributed by atoms with E-state index < -0.39 is 17.1 Å². The molecule has 138 valence electrons. The summed E-state index contributed by atoms with van der Waals surface area (Å²) in [4.78, 5) is 12.9. The van der Waals surface area contributed by atoms with Crippen molar-refractivity contribution >= 4 is 23.4 Å². The first-order chi connectivity index (χ1) is 13.0. The van der Waals surface area contributed by atoms with E-state index in [0.717, 1.165) is 5.56 Å². The first kappa shape index (κ1) is 17.5. The van der Waals surface area contributed by atoms with Crippen molar-refractivity contribution in [3.63, 3.8) is 0 Å². The van der Waals surface area contributed by atoms with E-state index in [4.69, 9.17) is 0 Å². The first-order valence-electron chi connectivity index (χ1n) is 8.19. The number of carbonyl (C=O) groups excluding carboxylic acids is 1. The summed E-state index contributed by atoms with van der Waals surface area (Å²) in [6, 6.07) is 11.4. The lowest BCUT2D eigenvalue weighted by molar-refractivity contribution is -0.116. The highest BCUT2D eigenvalue weighted by molar-refractivity contribution is 8.00. The number of benzene rings is 2. The predicted molar refractivity (Wildman–Crippen MR) is 97.9 cm³/mol. The Bertz CT molecular complexity index is 992. The number of carbonyl (C=O) groups is 1. The molecule has 0 unspecified atom stereocenters. The second-order valence-corrected chi connectivity index (χ2v) is 7.14. The Morgan fingerprint density at radius 1 is 1.15 bits per heavy atom. The van der Waals surface area contributed by atoms with Crippen LogP contribution in [0.5, 0.6) is 0 Å². The van der Waals surface area contributed by atoms with E-state index in [-0.39, 0.29) is 17.4 Å². The number of hydrogen-bond acceptors (Lipinski definition) is 5. The molecule has 9 heteroatoms. The number of aromatic nitrogens is 3. The molecule has 0 spiro atoms. The molecule has 0 fully saturated rings. The van der Waals surface area contributed by atoms with Crippen LogP contribution in [0.3, 0.4) is 0 Å². The maximum absolute atomic E-state index is 13.9. The lowest BCUT2D eigenvalue weighted by Gasteiger charge is -2.32. The van der Waals surface area contributed by atoms with Crippen molar-refractivity contribution in [2.75, 3.05) is 10.7 Å². The smallest absolute Gasteiger partial charge is 0.240 e. The number of rotatable bonds is 3. The van der Waals surface area contributed by atoms with Gasteiger partial charge in [0.2, 0.25) is 11.1 Å². The van der Waals surface area contributed by atoms with Crippen LogP contribution in [-0.4, -0.2) is 26.0 Å². The van der Waals surface area contributed by atoms with Gasteiger partial charge in [-0.25, -0.2) is 13.5 Å². The summed E-state index contributed by atoms with van der Waals surface area (Å²) in [5.74, 6) is -0.635. The molecule has 0 radical (unpaired) electrons. The van der Waals surface area contributed by atoms with Gasteiger partial charge in [0, 0.05) is 0 Å². The molecule has 3 aromatic rings. The topological polar surface area (TPSA) is 71.8 Å². The molecule has 0 bridgehead atoms. The van der Waals surface area contributed by atoms with E-state index in [9.17, 15) is 13.6 Å². The average molecular weight is 387 g/mol. The molecule has 0 aliphatic carbocycles. The van der Waals surface area contributed by atoms with Crippen molar-refractivity contribution in [3.05, 3.63) is 71.6 Å². The van der Waals surface area contributed by atoms with Crippen molar-refractivity contribution in [2.45, 2.75) is 23.4 Å². The van der Waals surface area contributed by atoms with Gasteiger partial charge in [0.15, 0.2) is 0 Å². The summed E-state index contributed by atoms with van der Waals surface area (Å²) in [5.41, 5.74) is 4.03. The maximum atomic E-state index is 13.9. The van der Waals surface area contributed by atoms with Gasteiger partial charge in [0.05, 0.1) is 11.7 Å². The summed E-state index contributed by atoms with van der Waals surface area (Å²) in [5, 5.41) is 10.6. The van der Waals surface area contributed by atoms with Gasteiger partial charge in [-0.2, -0.15) is 0 Å². The van der Waals surface area contributed by atoms with Gasteiger partial charge in [-0.15, -0.1) is 10.2 Å². The number of halogens is 2. The summed E-state index contributed by atoms with van der Waals surface area (Å²) in [6.07, 6.45) is 0. The summed E-state index contributed by atoms with van der Waals surface area (Å²) in [7, 11) is 0. The highest BCUT2D eigenvalue weighted by Gasteiger charge is 2.37. The van der Waals surface area contributed by atoms with Crippen LogP contribution < -0.4 is 10.7 Å². The molecule has 2 N–H and O–H groups in total. The van der Waals surface area contributed by atoms with Crippen LogP contribution in [0.2, 0.25) is 0 Å². The van der Waals surface area contributed by atoms with Crippen LogP contribution >= 0.6 is 11.8 Å². The van der Waals surface area contributed by atoms with Crippen molar-refractivity contribution in [1.29, 1.82) is 0 Å². The standard InChI is InChI=1S/C18H15F2N5OS/c1-10-22-23-18-25(10)24-15(11-6-8-12(19)9-7-11)16(27-18)17(26)21-14-5-3-2-4-13(14)20/h2-9,15-16,24H,1H3,(H,21,26)/t15-,16+/m0/s1. The van der Waals surface area contributed by atoms with Gasteiger partial charge in [-0.05, 0) is 36.8 Å². The number of para-hydroxylation sites is 1. The fourth-order valence-electron chi connectivity index (χ4n) is 2.85. The van der Waals surface area contributed by atoms with Gasteiger partial charge >= 0.3 is 0 Å². The van der Waals surface area contributed by atoms with E-state index >= 15 is 0 Å². The monoisotopic (exact) mass is 387 g/mol. The zero-order valence-corrected chi connectivity index (χ0v) is 15.0. The third-order valence-corrected chi connectivity index (χ3v) is 5.43. The molecule has 2 aromatic carbocycles. The highest BCUT2D eigenvalue weighted by atomic mass is 32.2. The van der Waals surface area contributed by atoms with Crippen LogP contribution in [0.25, 0.3) is 0 Å². The Kier molecular flexibility index (Phi) is 4.53. The van der Waals surface area contributed by atoms with Crippen LogP contribution in [0.4, 0.5) is 14.5 Å². The van der Waals surface area contributed by atoms with Gasteiger partial charge in [-0.1, -0.05) is 36.0 Å². The quantitative estimate of drug-likeness (QED) is 0.722. The SMILES string of the molecule is Cc1nnc2n1N[C@@H](c1ccc(F)cc1)[C@H](C(=O)Nc1ccccc1F)S2. The van der Waals surface area contributed by atoms with E-state index in [1.165, 1.54) is 36.0 Å². The third-order valence-electron chi connectivity index (χ3n) is 4.22. The minimum atomic E-state index is -0.661. The number of hydrogen-bond donors (Lipinski definition) is 2. The Labute approximate surface area is 158 Å². The molecule has 27 heavy (non-hydrogen) atoms. The minimum absolute atomic E-state index is 0.101. The Morgan fingerprint density at radius 3 is 2.63 bits per heavy atom. The van der Waals surface area contributed by atoms with Crippen molar-refractivity contribution in [2.24, 2.45) is 0 Å². The normalized spacial score (nSPS) is 18.5. The van der Waals surface area contributed by atoms with Crippen molar-refractivity contribution < 1.29 is 13.6 Å². The maximum Gasteiger partial charge on any atom is 0.240 e. The largest absolute Gasteiger partial charge is 0.323 e. The fourth-order valence-corrected chi connectivity index (χ4v) is 3.97. The molecule has 1 aliphatic heterocycles. The molecule has 2 heterocycles. The lowest BCUT2D eigenvalue weighted by Crippen LogP contribution is -2.41. The fraction of sp³-hybridized carbons (Fsp3) is 0.167. The molecule has 4 rings (SSSR count). The lowest BCUT2D eigenvalue weighted by atomic mass is 10.0. The number of aryl methyl sites for hydroxylation is 1. The van der Waals surface area contributed by atoms with Gasteiger partial charge in [0.25, 0.3) is 0 Å². The summed E-state index contributed by atoms with van der Waals surface area (Å²) >= 11 is 1.22. The van der Waals surface area contributed by atoms with Crippen molar-refractivity contribution in [1.82, 2.24) is 14.9 Å². The predicted octanol–water partition coefficient (Wildman–Crippen LogP) is 3.26. The molecule has 1 amide bonds. The first-order valence-corrected chi connectivity index (χ1v) is 9.07. The van der Waals surface area contributed by atoms with Gasteiger partial charge in [-0.3, -0.25) is 4.79 Å². The molecule has 1 aromatic heterocycles. The van der Waals surface area contributed by atoms with E-state index in [1.807, 2.05) is 0 Å². The molecular weight excluding hydrogens is 372 g/mol. The van der Waals surface area contributed by atoms with E-state index in [0.29, 0.717) is 11.0 Å². The van der Waals surface area contributed by atoms with E-state index in [1.54, 1.807) is 35.9 Å². The number of fused-ring (bicyclic) bond motifs is 1. The number of anilines is 1. The number of thioether (sulfide) groups is 1. The average Bonchev–Trinajstić information content (AvgIpc) is 3.03. The Hall–Kier alpha value is -2.94. The number of nitrogens with zero attached hydrogens (tertiary/aromatic N) is 3. The summed E-state index contributed by atoms with van der Waals surface area (Å²) in [6.45, 7) is 1.78. The van der Waals surface area contributed by atoms with Crippen LogP contribution in [0.15, 0.2) is 53.7 Å². The van der Waals surface area contributed by atoms with Crippen molar-refractivity contribution in [3.8, 4) is 0 Å². The highest BCUT2D eigenvalue weighted by Crippen LogP contribution is 2.37. The zero-order chi connectivity index (χ0) is 19.0. The van der Waals surface area contributed by atoms with E-state index in [2.05, 4.69) is 20.9 Å². The molecule has 2 atom stereocenters. The Morgan fingerprint density at radius 2 is 1.89 bits per heavy atom. The van der Waals surface area contributed by atoms with Crippen LogP contribution in [-0.2, 0) is 4.79 Å². The Balaban J connectivity index is 1.68. The molecular formula is C18H15F2N5OS. The molecule has 0 saturated carbocycles. The summed E-state index contributed by atoms with van der Waals surface area (Å²) < 4.78 is 28.9. The molecule has 0 saturated heterocycles. The third kappa shape index (κ3) is 3.37. The second kappa shape index (κ2) is 6.99. The molecule has 6 nitrogen and oxygen atoms in total. The number of amides is 1. The zero-order valence-electron chi connectivity index (χ0n) is 14.2. The van der Waals surface area contributed by atoms with Gasteiger partial charge < -0.3 is 10.7 Å². The van der Waals surface area contributed by atoms with Gasteiger partial charge in [0.1, 0.15) is 22.7 Å². The van der Waals surface area contributed by atoms with Crippen LogP contribution in [0, 0.1) is 18.6 Å². The van der Waals surface area contributed by atoms with Crippen LogP contribution in [0.1, 0.15) is 17.4 Å². The second-order valence-electron chi connectivity index (χ2n) is 6.03. The number of nitrogens with one attached hydrogen (secondary N) is 2.